The van der Waals surface area contributed by atoms with E-state index in [-0.39, 0.29) is 54.0 Å². The fourth-order valence-corrected chi connectivity index (χ4v) is 13.5. The molecule has 4 amide bonds. The number of carbonyl (C=O) groups is 7. The summed E-state index contributed by atoms with van der Waals surface area (Å²) in [5.74, 6) is -6.26. The Labute approximate surface area is 554 Å². The van der Waals surface area contributed by atoms with Gasteiger partial charge in [-0.1, -0.05) is 189 Å². The Morgan fingerprint density at radius 1 is 0.538 bits per heavy atom. The first kappa shape index (κ1) is 68.6. The number of hydrogen-bond acceptors (Lipinski definition) is 23. The number of esters is 2. The molecule has 4 aromatic heterocycles. The number of ether oxygens (including phenoxy) is 2. The molecule has 7 N–H and O–H groups in total. The van der Waals surface area contributed by atoms with Gasteiger partial charge in [-0.05, 0) is 78.3 Å². The van der Waals surface area contributed by atoms with Crippen LogP contribution in [0.5, 0.6) is 0 Å². The van der Waals surface area contributed by atoms with E-state index in [0.717, 1.165) is 52.4 Å². The molecule has 4 aromatic carbocycles. The van der Waals surface area contributed by atoms with Crippen LogP contribution in [0, 0.1) is 29.1 Å². The topological polar surface area (TPSA) is 339 Å². The Hall–Kier alpha value is -8.76. The molecule has 1 aliphatic rings. The fourth-order valence-electron chi connectivity index (χ4n) is 10.3. The third-order valence-electron chi connectivity index (χ3n) is 15.7. The van der Waals surface area contributed by atoms with Gasteiger partial charge in [0.05, 0.1) is 18.3 Å². The van der Waals surface area contributed by atoms with E-state index < -0.39 is 59.4 Å². The lowest BCUT2D eigenvalue weighted by molar-refractivity contribution is -0.147. The molecule has 1 saturated carbocycles. The summed E-state index contributed by atoms with van der Waals surface area (Å²) in [5.41, 5.74) is 9.84. The van der Waals surface area contributed by atoms with Gasteiger partial charge in [0.1, 0.15) is 45.0 Å². The lowest BCUT2D eigenvalue weighted by Crippen LogP contribution is -2.38. The zero-order chi connectivity index (χ0) is 65.8. The molecular weight excluding hydrogens is 1260 g/mol. The van der Waals surface area contributed by atoms with Gasteiger partial charge in [-0.2, -0.15) is 0 Å². The molecule has 5 atom stereocenters. The van der Waals surface area contributed by atoms with Crippen molar-refractivity contribution in [3.63, 3.8) is 0 Å². The fraction of sp³-hybridized carbons (Fsp3) is 0.394. The quantitative estimate of drug-likeness (QED) is 0.00987. The van der Waals surface area contributed by atoms with Crippen molar-refractivity contribution in [2.45, 2.75) is 129 Å². The van der Waals surface area contributed by atoms with Gasteiger partial charge >= 0.3 is 11.9 Å². The van der Waals surface area contributed by atoms with Crippen LogP contribution in [0.2, 0.25) is 0 Å². The van der Waals surface area contributed by atoms with Crippen LogP contribution in [0.4, 0.5) is 20.5 Å². The van der Waals surface area contributed by atoms with Crippen molar-refractivity contribution >= 4 is 113 Å². The Bertz CT molecular complexity index is 3860. The summed E-state index contributed by atoms with van der Waals surface area (Å²) in [4.78, 5) is 93.8. The summed E-state index contributed by atoms with van der Waals surface area (Å²) < 4.78 is 11.0. The number of benzene rings is 4. The number of aromatic nitrogens is 8. The van der Waals surface area contributed by atoms with E-state index in [2.05, 4.69) is 62.1 Å². The van der Waals surface area contributed by atoms with Crippen molar-refractivity contribution in [2.24, 2.45) is 29.4 Å². The predicted octanol–water partition coefficient (Wildman–Crippen LogP) is 10.9. The summed E-state index contributed by atoms with van der Waals surface area (Å²) in [7, 11) is 0. The molecule has 27 heteroatoms. The van der Waals surface area contributed by atoms with Crippen LogP contribution in [-0.2, 0) is 70.3 Å². The van der Waals surface area contributed by atoms with Gasteiger partial charge in [0, 0.05) is 49.0 Å². The van der Waals surface area contributed by atoms with Crippen LogP contribution in [-0.4, -0.2) is 107 Å². The number of ketones is 1. The first-order valence-electron chi connectivity index (χ1n) is 31.0. The highest BCUT2D eigenvalue weighted by Crippen LogP contribution is 2.36. The molecule has 0 saturated heterocycles. The van der Waals surface area contributed by atoms with E-state index in [0.29, 0.717) is 93.5 Å². The van der Waals surface area contributed by atoms with Gasteiger partial charge in [0.25, 0.3) is 0 Å². The largest absolute Gasteiger partial charge is 0.463 e. The highest BCUT2D eigenvalue weighted by atomic mass is 32.1. The second-order valence-corrected chi connectivity index (χ2v) is 27.5. The standard InChI is InChI=1S/C66H74N14O9S4/c1-38(2)55(67)61(86)88-36-48(42-20-9-6-10-21-42)59(84)71-65-79-75-53(92-65)28-15-16-29-54-76-80-66(93-54)72-60(85)49(37-89-62(87)56(68)39(3)4)43-32-30-41(31-33-43)44-22-17-23-45(35-44)57(82)46-24-11-12-25-47(46)58(83)70-64-78-74-52(91-64)27-14-13-26-51-73-77-63(90-51)69-50(81)34-40-18-7-5-8-19-40/h5-10,17-23,30-33,35,38-39,46-49,55,68H,11-16,24-29,34,36-37,67H2,1-4H3,(H,69,77,81)(H,70,78,83)(H,71,79,84)(H,72,80,85)/t46-,47-,48?,49?,55-/m0/s1. The van der Waals surface area contributed by atoms with Crippen molar-refractivity contribution in [3.8, 4) is 11.1 Å². The van der Waals surface area contributed by atoms with Gasteiger partial charge in [-0.25, -0.2) is 4.79 Å². The molecular formula is C66H74N14O9S4. The molecule has 0 radical (unpaired) electrons. The number of carbonyl (C=O) groups excluding carboxylic acids is 7. The van der Waals surface area contributed by atoms with Crippen molar-refractivity contribution < 1.29 is 43.0 Å². The smallest absolute Gasteiger partial charge is 0.352 e. The van der Waals surface area contributed by atoms with Gasteiger partial charge in [0.15, 0.2) is 5.78 Å². The number of aryl methyl sites for hydroxylation is 4. The van der Waals surface area contributed by atoms with Gasteiger partial charge < -0.3 is 25.8 Å². The second-order valence-electron chi connectivity index (χ2n) is 23.2. The molecule has 1 aliphatic carbocycles. The first-order valence-corrected chi connectivity index (χ1v) is 34.2. The number of amides is 4. The Morgan fingerprint density at radius 3 is 1.53 bits per heavy atom. The Morgan fingerprint density at radius 2 is 1.01 bits per heavy atom. The molecule has 23 nitrogen and oxygen atoms in total. The summed E-state index contributed by atoms with van der Waals surface area (Å²) in [6.45, 7) is 6.51. The van der Waals surface area contributed by atoms with E-state index in [1.54, 1.807) is 56.3 Å². The number of anilines is 4. The molecule has 4 heterocycles. The van der Waals surface area contributed by atoms with E-state index >= 15 is 0 Å². The van der Waals surface area contributed by atoms with Crippen LogP contribution in [0.15, 0.2) is 109 Å². The van der Waals surface area contributed by atoms with E-state index in [1.807, 2.05) is 80.6 Å². The van der Waals surface area contributed by atoms with Crippen LogP contribution in [0.25, 0.3) is 11.1 Å². The van der Waals surface area contributed by atoms with Gasteiger partial charge in [-0.15, -0.1) is 40.8 Å². The molecule has 93 heavy (non-hydrogen) atoms. The molecule has 9 rings (SSSR count). The number of nitrogens with two attached hydrogens (primary N) is 1. The number of rotatable bonds is 32. The minimum absolute atomic E-state index is 0.124. The molecule has 486 valence electrons. The van der Waals surface area contributed by atoms with Crippen molar-refractivity contribution in [1.29, 1.82) is 5.41 Å². The minimum atomic E-state index is -0.998. The van der Waals surface area contributed by atoms with E-state index in [9.17, 15) is 33.6 Å². The molecule has 0 spiro atoms. The van der Waals surface area contributed by atoms with E-state index in [1.165, 1.54) is 45.3 Å². The highest BCUT2D eigenvalue weighted by Gasteiger charge is 2.37. The molecule has 2 unspecified atom stereocenters. The zero-order valence-electron chi connectivity index (χ0n) is 52.0. The number of unbranched alkanes of at least 4 members (excludes halogenated alkanes) is 2. The normalized spacial score (nSPS) is 14.8. The van der Waals surface area contributed by atoms with Crippen LogP contribution < -0.4 is 27.0 Å². The summed E-state index contributed by atoms with van der Waals surface area (Å²) in [6, 6.07) is 32.1. The lowest BCUT2D eigenvalue weighted by atomic mass is 9.75. The Balaban J connectivity index is 0.753. The van der Waals surface area contributed by atoms with Crippen molar-refractivity contribution in [2.75, 3.05) is 34.5 Å². The average Bonchev–Trinajstić information content (AvgIpc) is 1.62. The number of Topliss-reactive ketones (excluding diaryl/α,β-unsaturated/α-hetero) is 1. The highest BCUT2D eigenvalue weighted by molar-refractivity contribution is 7.16. The maximum Gasteiger partial charge on any atom is 0.352 e. The first-order chi connectivity index (χ1) is 44.9. The summed E-state index contributed by atoms with van der Waals surface area (Å²) >= 11 is 5.15. The monoisotopic (exact) mass is 1330 g/mol. The molecule has 0 bridgehead atoms. The summed E-state index contributed by atoms with van der Waals surface area (Å²) in [6.07, 6.45) is 8.53. The molecule has 0 aliphatic heterocycles. The number of hydrogen-bond donors (Lipinski definition) is 6. The Kier molecular flexibility index (Phi) is 24.9. The maximum atomic E-state index is 14.4. The third kappa shape index (κ3) is 19.9. The predicted molar refractivity (Wildman–Crippen MR) is 358 cm³/mol. The van der Waals surface area contributed by atoms with Crippen molar-refractivity contribution in [1.82, 2.24) is 40.8 Å². The van der Waals surface area contributed by atoms with Gasteiger partial charge in [0.2, 0.25) is 44.2 Å². The van der Waals surface area contributed by atoms with Crippen LogP contribution in [0.1, 0.15) is 138 Å². The maximum absolute atomic E-state index is 14.4. The third-order valence-corrected chi connectivity index (χ3v) is 19.3. The lowest BCUT2D eigenvalue weighted by Gasteiger charge is -2.29. The van der Waals surface area contributed by atoms with Crippen LogP contribution >= 0.6 is 45.3 Å². The average molecular weight is 1340 g/mol. The molecule has 1 fully saturated rings. The zero-order valence-corrected chi connectivity index (χ0v) is 55.3. The number of nitrogens with zero attached hydrogens (tertiary/aromatic N) is 8. The number of nitrogens with one attached hydrogen (secondary N) is 5. The SMILES string of the molecule is CC(C)C(=N)C(=O)OCC(C(=O)Nc1nnc(CCCCc2nnc(NC(=O)C(COC(=O)[C@@H](N)C(C)C)c3ccccc3)s2)s1)c1ccc(-c2cccc(C(=O)[C@H]3CCCC[C@@H]3C(=O)Nc3nnc(CCCCc4nnc(NC(=O)Cc5ccccc5)s4)s3)c2)cc1. The van der Waals surface area contributed by atoms with Crippen molar-refractivity contribution in [3.05, 3.63) is 151 Å². The summed E-state index contributed by atoms with van der Waals surface area (Å²) in [5, 5.41) is 58.1. The minimum Gasteiger partial charge on any atom is -0.463 e. The van der Waals surface area contributed by atoms with Gasteiger partial charge in [-0.3, -0.25) is 44.8 Å². The second kappa shape index (κ2) is 33.7. The molecule has 8 aromatic rings. The van der Waals surface area contributed by atoms with E-state index in [4.69, 9.17) is 20.6 Å². The van der Waals surface area contributed by atoms with Crippen LogP contribution in [0.3, 0.4) is 0 Å².